The monoisotopic (exact) mass is 402 g/mol. The van der Waals surface area contributed by atoms with Crippen LogP contribution in [0, 0.1) is 35.5 Å². The lowest BCUT2D eigenvalue weighted by molar-refractivity contribution is -0.160. The molecule has 0 spiro atoms. The molecule has 0 N–H and O–H groups in total. The highest BCUT2D eigenvalue weighted by atomic mass is 16.5. The lowest BCUT2D eigenvalue weighted by Crippen LogP contribution is -2.42. The van der Waals surface area contributed by atoms with Gasteiger partial charge in [-0.3, -0.25) is 9.59 Å². The quantitative estimate of drug-likeness (QED) is 0.553. The van der Waals surface area contributed by atoms with Crippen molar-refractivity contribution in [3.63, 3.8) is 0 Å². The van der Waals surface area contributed by atoms with Crippen LogP contribution in [0.25, 0.3) is 0 Å². The zero-order valence-electron chi connectivity index (χ0n) is 18.7. The first kappa shape index (κ1) is 22.1. The second-order valence-electron chi connectivity index (χ2n) is 9.81. The van der Waals surface area contributed by atoms with Crippen LogP contribution in [0.4, 0.5) is 0 Å². The zero-order valence-corrected chi connectivity index (χ0v) is 18.7. The molecule has 0 bridgehead atoms. The molecule has 1 saturated heterocycles. The van der Waals surface area contributed by atoms with Crippen LogP contribution in [0.15, 0.2) is 23.8 Å². The summed E-state index contributed by atoms with van der Waals surface area (Å²) in [4.78, 5) is 24.4. The van der Waals surface area contributed by atoms with E-state index in [-0.39, 0.29) is 36.0 Å². The van der Waals surface area contributed by atoms with E-state index in [0.717, 1.165) is 32.1 Å². The van der Waals surface area contributed by atoms with E-state index in [0.29, 0.717) is 30.1 Å². The Bertz CT molecular complexity index is 664. The second-order valence-corrected chi connectivity index (χ2v) is 9.81. The molecule has 0 saturated carbocycles. The molecule has 0 aromatic rings. The first-order valence-electron chi connectivity index (χ1n) is 11.6. The van der Waals surface area contributed by atoms with E-state index in [2.05, 4.69) is 39.0 Å². The van der Waals surface area contributed by atoms with Crippen LogP contribution < -0.4 is 0 Å². The molecule has 2 aliphatic carbocycles. The summed E-state index contributed by atoms with van der Waals surface area (Å²) in [6.07, 6.45) is 12.0. The van der Waals surface area contributed by atoms with Gasteiger partial charge in [-0.25, -0.2) is 0 Å². The molecule has 4 heteroatoms. The van der Waals surface area contributed by atoms with Crippen molar-refractivity contribution in [3.05, 3.63) is 23.8 Å². The highest BCUT2D eigenvalue weighted by Crippen LogP contribution is 2.45. The van der Waals surface area contributed by atoms with Gasteiger partial charge in [-0.1, -0.05) is 52.8 Å². The van der Waals surface area contributed by atoms with Crippen LogP contribution in [0.1, 0.15) is 73.1 Å². The number of fused-ring (bicyclic) bond motifs is 1. The predicted molar refractivity (Wildman–Crippen MR) is 114 cm³/mol. The minimum absolute atomic E-state index is 0.0282. The van der Waals surface area contributed by atoms with Crippen molar-refractivity contribution in [2.24, 2.45) is 35.5 Å². The van der Waals surface area contributed by atoms with Crippen molar-refractivity contribution in [2.45, 2.75) is 85.4 Å². The maximum absolute atomic E-state index is 12.6. The average molecular weight is 403 g/mol. The Kier molecular flexibility index (Phi) is 7.23. The molecule has 8 atom stereocenters. The number of carbonyl (C=O) groups is 2. The molecule has 0 amide bonds. The van der Waals surface area contributed by atoms with Crippen molar-refractivity contribution in [2.75, 3.05) is 0 Å². The zero-order chi connectivity index (χ0) is 21.1. The number of ether oxygens (including phenoxy) is 2. The smallest absolute Gasteiger partial charge is 0.308 e. The van der Waals surface area contributed by atoms with Crippen LogP contribution in [0.2, 0.25) is 0 Å². The minimum atomic E-state index is -0.0676. The first-order valence-corrected chi connectivity index (χ1v) is 11.6. The van der Waals surface area contributed by atoms with Crippen molar-refractivity contribution in [3.8, 4) is 0 Å². The van der Waals surface area contributed by atoms with E-state index in [1.54, 1.807) is 0 Å². The summed E-state index contributed by atoms with van der Waals surface area (Å²) in [5, 5.41) is 0. The topological polar surface area (TPSA) is 52.6 Å². The van der Waals surface area contributed by atoms with Crippen molar-refractivity contribution in [1.82, 2.24) is 0 Å². The second kappa shape index (κ2) is 9.49. The third-order valence-electron chi connectivity index (χ3n) is 7.18. The largest absolute Gasteiger partial charge is 0.462 e. The van der Waals surface area contributed by atoms with Gasteiger partial charge >= 0.3 is 11.9 Å². The van der Waals surface area contributed by atoms with Crippen LogP contribution >= 0.6 is 0 Å². The van der Waals surface area contributed by atoms with Crippen LogP contribution in [0.3, 0.4) is 0 Å². The Morgan fingerprint density at radius 2 is 2.00 bits per heavy atom. The van der Waals surface area contributed by atoms with Gasteiger partial charge in [-0.15, -0.1) is 0 Å². The Morgan fingerprint density at radius 3 is 2.69 bits per heavy atom. The molecule has 1 aliphatic heterocycles. The van der Waals surface area contributed by atoms with E-state index in [4.69, 9.17) is 9.47 Å². The third kappa shape index (κ3) is 5.32. The van der Waals surface area contributed by atoms with E-state index in [9.17, 15) is 9.59 Å². The number of carbonyl (C=O) groups excluding carboxylic acids is 2. The maximum Gasteiger partial charge on any atom is 0.308 e. The SMILES string of the molecule is CCC(C)C(=O)OC1CC(C)C=C2C=CC(C)C(CCC3CC(C)CC(=O)O3)C21. The van der Waals surface area contributed by atoms with E-state index < -0.39 is 0 Å². The fourth-order valence-corrected chi connectivity index (χ4v) is 5.31. The summed E-state index contributed by atoms with van der Waals surface area (Å²) in [6.45, 7) is 10.6. The lowest BCUT2D eigenvalue weighted by Gasteiger charge is -2.43. The molecule has 29 heavy (non-hydrogen) atoms. The van der Waals surface area contributed by atoms with Crippen LogP contribution in [0.5, 0.6) is 0 Å². The molecule has 0 aromatic heterocycles. The van der Waals surface area contributed by atoms with Crippen molar-refractivity contribution in [1.29, 1.82) is 0 Å². The molecular formula is C25H38O4. The Balaban J connectivity index is 1.74. The number of rotatable bonds is 6. The van der Waals surface area contributed by atoms with E-state index in [1.165, 1.54) is 5.57 Å². The maximum atomic E-state index is 12.6. The normalized spacial score (nSPS) is 37.9. The fraction of sp³-hybridized carbons (Fsp3) is 0.760. The van der Waals surface area contributed by atoms with Crippen molar-refractivity contribution >= 4 is 11.9 Å². The first-order chi connectivity index (χ1) is 13.8. The predicted octanol–water partition coefficient (Wildman–Crippen LogP) is 5.47. The molecule has 0 radical (unpaired) electrons. The molecule has 1 heterocycles. The van der Waals surface area contributed by atoms with E-state index >= 15 is 0 Å². The fourth-order valence-electron chi connectivity index (χ4n) is 5.31. The standard InChI is InChI=1S/C25H38O4/c1-6-17(4)25(27)29-22-13-15(2)11-19-8-7-18(5)21(24(19)22)10-9-20-12-16(3)14-23(26)28-20/h7-8,11,15-18,20-22,24H,6,9-10,12-14H2,1-5H3. The van der Waals surface area contributed by atoms with Crippen molar-refractivity contribution < 1.29 is 19.1 Å². The van der Waals surface area contributed by atoms with Crippen LogP contribution in [-0.2, 0) is 19.1 Å². The van der Waals surface area contributed by atoms with Gasteiger partial charge in [-0.05, 0) is 61.3 Å². The number of esters is 2. The molecular weight excluding hydrogens is 364 g/mol. The Hall–Kier alpha value is -1.58. The minimum Gasteiger partial charge on any atom is -0.462 e. The molecule has 162 valence electrons. The molecule has 0 aromatic carbocycles. The van der Waals surface area contributed by atoms with Gasteiger partial charge in [0.2, 0.25) is 0 Å². The molecule has 3 rings (SSSR count). The molecule has 1 fully saturated rings. The highest BCUT2D eigenvalue weighted by Gasteiger charge is 2.42. The molecule has 4 nitrogen and oxygen atoms in total. The van der Waals surface area contributed by atoms with Gasteiger partial charge in [0.05, 0.1) is 5.92 Å². The van der Waals surface area contributed by atoms with Gasteiger partial charge in [0.25, 0.3) is 0 Å². The summed E-state index contributed by atoms with van der Waals surface area (Å²) >= 11 is 0. The number of cyclic esters (lactones) is 1. The number of allylic oxidation sites excluding steroid dienone is 3. The molecule has 8 unspecified atom stereocenters. The average Bonchev–Trinajstić information content (AvgIpc) is 2.65. The summed E-state index contributed by atoms with van der Waals surface area (Å²) in [7, 11) is 0. The molecule has 3 aliphatic rings. The van der Waals surface area contributed by atoms with Gasteiger partial charge in [0.1, 0.15) is 12.2 Å². The van der Waals surface area contributed by atoms with Gasteiger partial charge in [0, 0.05) is 12.3 Å². The highest BCUT2D eigenvalue weighted by molar-refractivity contribution is 5.72. The summed E-state index contributed by atoms with van der Waals surface area (Å²) in [6, 6.07) is 0. The summed E-state index contributed by atoms with van der Waals surface area (Å²) in [5.74, 6) is 1.71. The third-order valence-corrected chi connectivity index (χ3v) is 7.18. The Morgan fingerprint density at radius 1 is 1.24 bits per heavy atom. The summed E-state index contributed by atoms with van der Waals surface area (Å²) < 4.78 is 11.7. The van der Waals surface area contributed by atoms with E-state index in [1.807, 2.05) is 13.8 Å². The summed E-state index contributed by atoms with van der Waals surface area (Å²) in [5.41, 5.74) is 1.32. The number of hydrogen-bond acceptors (Lipinski definition) is 4. The lowest BCUT2D eigenvalue weighted by atomic mass is 9.65. The van der Waals surface area contributed by atoms with Crippen LogP contribution in [-0.4, -0.2) is 24.1 Å². The Labute approximate surface area is 176 Å². The van der Waals surface area contributed by atoms with Gasteiger partial charge < -0.3 is 9.47 Å². The van der Waals surface area contributed by atoms with Gasteiger partial charge in [0.15, 0.2) is 0 Å². The van der Waals surface area contributed by atoms with Gasteiger partial charge in [-0.2, -0.15) is 0 Å². The number of hydrogen-bond donors (Lipinski definition) is 0.